The zero-order valence-electron chi connectivity index (χ0n) is 25.9. The fourth-order valence-corrected chi connectivity index (χ4v) is 6.18. The van der Waals surface area contributed by atoms with Gasteiger partial charge in [0.15, 0.2) is 5.78 Å². The van der Waals surface area contributed by atoms with Crippen molar-refractivity contribution in [3.8, 4) is 11.5 Å². The first-order chi connectivity index (χ1) is 19.6. The number of phenols is 1. The van der Waals surface area contributed by atoms with Gasteiger partial charge < -0.3 is 14.6 Å². The highest BCUT2D eigenvalue weighted by atomic mass is 35.5. The molecule has 0 radical (unpaired) electrons. The Morgan fingerprint density at radius 3 is 2.52 bits per heavy atom. The number of carbonyl (C=O) groups excluding carboxylic acids is 1. The van der Waals surface area contributed by atoms with Crippen molar-refractivity contribution in [1.29, 1.82) is 0 Å². The number of carbonyl (C=O) groups is 1. The van der Waals surface area contributed by atoms with E-state index < -0.39 is 5.41 Å². The Bertz CT molecular complexity index is 1660. The number of Topliss-reactive ketones (excluding diaryl/α,β-unsaturated/α-hetero) is 1. The predicted octanol–water partition coefficient (Wildman–Crippen LogP) is 6.01. The zero-order chi connectivity index (χ0) is 31.0. The van der Waals surface area contributed by atoms with E-state index in [2.05, 4.69) is 20.8 Å². The number of benzene rings is 2. The highest BCUT2D eigenvalue weighted by molar-refractivity contribution is 7.07. The Morgan fingerprint density at radius 1 is 1.19 bits per heavy atom. The Hall–Kier alpha value is -2.87. The summed E-state index contributed by atoms with van der Waals surface area (Å²) in [6.45, 7) is 17.0. The first kappa shape index (κ1) is 32.1. The summed E-state index contributed by atoms with van der Waals surface area (Å²) in [6, 6.07) is 7.33. The van der Waals surface area contributed by atoms with Crippen molar-refractivity contribution in [1.82, 2.24) is 4.57 Å². The number of halogens is 1. The topological polar surface area (TPSA) is 77.8 Å². The van der Waals surface area contributed by atoms with Crippen LogP contribution >= 0.6 is 22.9 Å². The Kier molecular flexibility index (Phi) is 9.46. The highest BCUT2D eigenvalue weighted by Crippen LogP contribution is 2.36. The van der Waals surface area contributed by atoms with Gasteiger partial charge in [-0.25, -0.2) is 0 Å². The number of phenolic OH excluding ortho intramolecular Hbond substituents is 1. The SMILES string of the molecule is Cc1cc(C(C)(C)C)c(O)c(C)c1Cn1c(=O)/c(=C/c2cc(Cl)ccc2OCC2CCCO2)s/c1=C\C(=O)C(C)(C)C. The maximum Gasteiger partial charge on any atom is 0.269 e. The van der Waals surface area contributed by atoms with Gasteiger partial charge in [-0.2, -0.15) is 0 Å². The normalized spacial score (nSPS) is 16.8. The highest BCUT2D eigenvalue weighted by Gasteiger charge is 2.24. The molecule has 0 aliphatic carbocycles. The molecule has 1 aliphatic heterocycles. The molecule has 1 aliphatic rings. The minimum atomic E-state index is -0.608. The van der Waals surface area contributed by atoms with Gasteiger partial charge in [0.05, 0.1) is 17.2 Å². The third kappa shape index (κ3) is 7.19. The molecule has 2 aromatic carbocycles. The molecule has 1 aromatic heterocycles. The second-order valence-electron chi connectivity index (χ2n) is 13.2. The number of ether oxygens (including phenoxy) is 2. The summed E-state index contributed by atoms with van der Waals surface area (Å²) in [4.78, 5) is 27.1. The predicted molar refractivity (Wildman–Crippen MR) is 172 cm³/mol. The summed E-state index contributed by atoms with van der Waals surface area (Å²) in [5, 5.41) is 11.6. The van der Waals surface area contributed by atoms with E-state index in [4.69, 9.17) is 21.1 Å². The van der Waals surface area contributed by atoms with Gasteiger partial charge in [0.2, 0.25) is 0 Å². The van der Waals surface area contributed by atoms with Crippen LogP contribution in [0.2, 0.25) is 5.02 Å². The van der Waals surface area contributed by atoms with Crippen LogP contribution in [0.15, 0.2) is 29.1 Å². The van der Waals surface area contributed by atoms with Gasteiger partial charge in [-0.1, -0.05) is 59.2 Å². The van der Waals surface area contributed by atoms with Crippen molar-refractivity contribution in [2.24, 2.45) is 5.41 Å². The largest absolute Gasteiger partial charge is 0.507 e. The number of rotatable bonds is 7. The van der Waals surface area contributed by atoms with Crippen LogP contribution in [0, 0.1) is 19.3 Å². The van der Waals surface area contributed by atoms with Crippen LogP contribution in [0.1, 0.15) is 82.2 Å². The molecular formula is C34H42ClNO5S. The fourth-order valence-electron chi connectivity index (χ4n) is 4.97. The number of aromatic nitrogens is 1. The Balaban J connectivity index is 1.86. The van der Waals surface area contributed by atoms with Crippen LogP contribution < -0.4 is 19.5 Å². The van der Waals surface area contributed by atoms with E-state index in [1.807, 2.05) is 40.7 Å². The van der Waals surface area contributed by atoms with E-state index in [1.54, 1.807) is 34.9 Å². The van der Waals surface area contributed by atoms with Gasteiger partial charge in [-0.15, -0.1) is 11.3 Å². The average Bonchev–Trinajstić information content (AvgIpc) is 3.51. The third-order valence-corrected chi connectivity index (χ3v) is 8.96. The van der Waals surface area contributed by atoms with E-state index >= 15 is 0 Å². The standard InChI is InChI=1S/C34H42ClNO5S/c1-20-14-26(33(3,4)5)31(38)21(2)25(20)18-36-30(17-29(37)34(6,7)8)42-28(32(36)39)16-22-15-23(35)11-12-27(22)41-19-24-10-9-13-40-24/h11-12,14-17,24,38H,9-10,13,18-19H2,1-8H3/b28-16-,30-17-. The molecule has 8 heteroatoms. The van der Waals surface area contributed by atoms with Crippen molar-refractivity contribution in [3.63, 3.8) is 0 Å². The number of hydrogen-bond acceptors (Lipinski definition) is 6. The monoisotopic (exact) mass is 611 g/mol. The second kappa shape index (κ2) is 12.4. The fraction of sp³-hybridized carbons (Fsp3) is 0.471. The number of thiazole rings is 1. The maximum atomic E-state index is 14.0. The minimum Gasteiger partial charge on any atom is -0.507 e. The summed E-state index contributed by atoms with van der Waals surface area (Å²) in [7, 11) is 0. The van der Waals surface area contributed by atoms with Crippen LogP contribution in [0.3, 0.4) is 0 Å². The van der Waals surface area contributed by atoms with E-state index in [1.165, 1.54) is 11.3 Å². The van der Waals surface area contributed by atoms with Crippen molar-refractivity contribution < 1.29 is 19.4 Å². The molecule has 0 spiro atoms. The van der Waals surface area contributed by atoms with E-state index in [0.29, 0.717) is 32.1 Å². The zero-order valence-corrected chi connectivity index (χ0v) is 27.5. The summed E-state index contributed by atoms with van der Waals surface area (Å²) in [6.07, 6.45) is 5.35. The molecule has 6 nitrogen and oxygen atoms in total. The lowest BCUT2D eigenvalue weighted by Gasteiger charge is -2.24. The molecule has 0 saturated carbocycles. The van der Waals surface area contributed by atoms with Crippen LogP contribution in [0.25, 0.3) is 12.2 Å². The van der Waals surface area contributed by atoms with Gasteiger partial charge in [-0.05, 0) is 78.6 Å². The molecule has 1 saturated heterocycles. The Morgan fingerprint density at radius 2 is 1.90 bits per heavy atom. The molecule has 42 heavy (non-hydrogen) atoms. The number of hydrogen-bond donors (Lipinski definition) is 1. The van der Waals surface area contributed by atoms with Gasteiger partial charge in [0, 0.05) is 28.7 Å². The lowest BCUT2D eigenvalue weighted by atomic mass is 9.82. The van der Waals surface area contributed by atoms with Crippen molar-refractivity contribution in [3.05, 3.63) is 76.7 Å². The first-order valence-corrected chi connectivity index (χ1v) is 15.6. The summed E-state index contributed by atoms with van der Waals surface area (Å²) in [5.41, 5.74) is 3.03. The number of ketones is 1. The molecule has 4 rings (SSSR count). The summed E-state index contributed by atoms with van der Waals surface area (Å²) >= 11 is 7.61. The summed E-state index contributed by atoms with van der Waals surface area (Å²) < 4.78 is 14.4. The van der Waals surface area contributed by atoms with Crippen LogP contribution in [0.4, 0.5) is 0 Å². The van der Waals surface area contributed by atoms with Gasteiger partial charge in [0.1, 0.15) is 22.8 Å². The smallest absolute Gasteiger partial charge is 0.269 e. The molecule has 226 valence electrons. The van der Waals surface area contributed by atoms with Crippen molar-refractivity contribution in [2.45, 2.75) is 86.3 Å². The van der Waals surface area contributed by atoms with Gasteiger partial charge >= 0.3 is 0 Å². The van der Waals surface area contributed by atoms with Crippen LogP contribution in [-0.4, -0.2) is 34.8 Å². The van der Waals surface area contributed by atoms with E-state index in [9.17, 15) is 14.7 Å². The lowest BCUT2D eigenvalue weighted by molar-refractivity contribution is -0.120. The molecule has 0 amide bonds. The molecule has 1 fully saturated rings. The number of aryl methyl sites for hydroxylation is 1. The van der Waals surface area contributed by atoms with Crippen LogP contribution in [0.5, 0.6) is 11.5 Å². The van der Waals surface area contributed by atoms with E-state index in [-0.39, 0.29) is 35.2 Å². The molecule has 1 N–H and O–H groups in total. The van der Waals surface area contributed by atoms with Gasteiger partial charge in [0.25, 0.3) is 5.56 Å². The molecule has 1 atom stereocenters. The maximum absolute atomic E-state index is 14.0. The van der Waals surface area contributed by atoms with Crippen LogP contribution in [-0.2, 0) is 21.5 Å². The Labute approximate surface area is 257 Å². The quantitative estimate of drug-likeness (QED) is 0.354. The first-order valence-electron chi connectivity index (χ1n) is 14.4. The molecule has 0 bridgehead atoms. The molecule has 3 aromatic rings. The summed E-state index contributed by atoms with van der Waals surface area (Å²) in [5.74, 6) is 0.771. The average molecular weight is 612 g/mol. The van der Waals surface area contributed by atoms with E-state index in [0.717, 1.165) is 41.7 Å². The lowest BCUT2D eigenvalue weighted by Crippen LogP contribution is -2.33. The van der Waals surface area contributed by atoms with Gasteiger partial charge in [-0.3, -0.25) is 14.2 Å². The number of aromatic hydroxyl groups is 1. The van der Waals surface area contributed by atoms with Crippen molar-refractivity contribution in [2.75, 3.05) is 13.2 Å². The molecule has 1 unspecified atom stereocenters. The second-order valence-corrected chi connectivity index (χ2v) is 14.7. The molecular weight excluding hydrogens is 570 g/mol. The van der Waals surface area contributed by atoms with Crippen molar-refractivity contribution >= 4 is 40.9 Å². The molecule has 2 heterocycles. The third-order valence-electron chi connectivity index (χ3n) is 7.66. The minimum absolute atomic E-state index is 0.0460. The number of nitrogens with zero attached hydrogens (tertiary/aromatic N) is 1.